The Morgan fingerprint density at radius 3 is 2.35 bits per heavy atom. The molecule has 5 nitrogen and oxygen atoms in total. The van der Waals surface area contributed by atoms with Gasteiger partial charge in [-0.25, -0.2) is 0 Å². The van der Waals surface area contributed by atoms with E-state index in [1.165, 1.54) is 6.07 Å². The van der Waals surface area contributed by atoms with Gasteiger partial charge in [0.1, 0.15) is 5.76 Å². The van der Waals surface area contributed by atoms with E-state index in [0.29, 0.717) is 23.7 Å². The minimum atomic E-state index is -0.698. The zero-order chi connectivity index (χ0) is 22.7. The zero-order valence-corrected chi connectivity index (χ0v) is 19.4. The number of aliphatic hydroxyl groups excluding tert-OH is 1. The average molecular weight is 461 g/mol. The molecule has 2 aromatic carbocycles. The van der Waals surface area contributed by atoms with Crippen LogP contribution in [0.15, 0.2) is 48.0 Å². The molecule has 1 amide bonds. The van der Waals surface area contributed by atoms with Crippen LogP contribution in [0.1, 0.15) is 36.6 Å². The van der Waals surface area contributed by atoms with Crippen LogP contribution >= 0.6 is 23.2 Å². The van der Waals surface area contributed by atoms with Crippen molar-refractivity contribution in [3.8, 4) is 0 Å². The summed E-state index contributed by atoms with van der Waals surface area (Å²) in [7, 11) is 0. The number of likely N-dealkylation sites (tertiary alicyclic amines) is 1. The van der Waals surface area contributed by atoms with E-state index >= 15 is 0 Å². The van der Waals surface area contributed by atoms with Gasteiger partial charge in [0, 0.05) is 18.7 Å². The van der Waals surface area contributed by atoms with Crippen molar-refractivity contribution in [2.45, 2.75) is 26.8 Å². The van der Waals surface area contributed by atoms with E-state index < -0.39 is 17.7 Å². The second-order valence-corrected chi connectivity index (χ2v) is 8.32. The summed E-state index contributed by atoms with van der Waals surface area (Å²) >= 11 is 12.1. The largest absolute Gasteiger partial charge is 0.507 e. The minimum absolute atomic E-state index is 0.0669. The molecule has 1 fully saturated rings. The van der Waals surface area contributed by atoms with Gasteiger partial charge in [0.2, 0.25) is 0 Å². The molecule has 0 aromatic heterocycles. The number of likely N-dealkylation sites (N-methyl/N-ethyl adjacent to an activating group) is 1. The smallest absolute Gasteiger partial charge is 0.295 e. The lowest BCUT2D eigenvalue weighted by molar-refractivity contribution is -0.140. The Bertz CT molecular complexity index is 1030. The second kappa shape index (κ2) is 9.86. The minimum Gasteiger partial charge on any atom is -0.507 e. The summed E-state index contributed by atoms with van der Waals surface area (Å²) in [5.74, 6) is -1.56. The Hall–Kier alpha value is -2.34. The molecule has 1 aliphatic rings. The van der Waals surface area contributed by atoms with Crippen molar-refractivity contribution in [2.24, 2.45) is 0 Å². The molecule has 0 bridgehead atoms. The number of amides is 1. The first-order valence-corrected chi connectivity index (χ1v) is 11.1. The van der Waals surface area contributed by atoms with Crippen LogP contribution in [-0.2, 0) is 9.59 Å². The lowest BCUT2D eigenvalue weighted by Gasteiger charge is -2.29. The molecule has 1 heterocycles. The van der Waals surface area contributed by atoms with Crippen molar-refractivity contribution in [3.05, 3.63) is 74.8 Å². The van der Waals surface area contributed by atoms with Crippen LogP contribution in [-0.4, -0.2) is 52.8 Å². The predicted molar refractivity (Wildman–Crippen MR) is 124 cm³/mol. The summed E-state index contributed by atoms with van der Waals surface area (Å²) < 4.78 is 0. The van der Waals surface area contributed by atoms with Gasteiger partial charge in [-0.15, -0.1) is 0 Å². The summed E-state index contributed by atoms with van der Waals surface area (Å²) in [4.78, 5) is 29.9. The van der Waals surface area contributed by atoms with Gasteiger partial charge in [-0.2, -0.15) is 0 Å². The van der Waals surface area contributed by atoms with E-state index in [2.05, 4.69) is 18.7 Å². The van der Waals surface area contributed by atoms with Gasteiger partial charge in [-0.1, -0.05) is 61.3 Å². The fraction of sp³-hybridized carbons (Fsp3) is 0.333. The summed E-state index contributed by atoms with van der Waals surface area (Å²) in [6, 6.07) is 11.5. The van der Waals surface area contributed by atoms with Crippen LogP contribution in [0.5, 0.6) is 0 Å². The molecule has 7 heteroatoms. The third-order valence-electron chi connectivity index (χ3n) is 5.77. The first-order chi connectivity index (χ1) is 14.8. The van der Waals surface area contributed by atoms with Crippen LogP contribution in [0.2, 0.25) is 10.0 Å². The van der Waals surface area contributed by atoms with E-state index in [1.807, 2.05) is 31.2 Å². The van der Waals surface area contributed by atoms with Gasteiger partial charge in [-0.3, -0.25) is 9.59 Å². The number of ketones is 1. The molecule has 1 atom stereocenters. The van der Waals surface area contributed by atoms with E-state index in [-0.39, 0.29) is 16.4 Å². The molecule has 2 aromatic rings. The molecule has 0 saturated carbocycles. The number of carbonyl (C=O) groups is 2. The molecule has 31 heavy (non-hydrogen) atoms. The molecule has 1 N–H and O–H groups in total. The number of aliphatic hydroxyl groups is 1. The average Bonchev–Trinajstić information content (AvgIpc) is 3.01. The normalized spacial score (nSPS) is 18.3. The lowest BCUT2D eigenvalue weighted by Crippen LogP contribution is -2.38. The Morgan fingerprint density at radius 1 is 1.06 bits per heavy atom. The van der Waals surface area contributed by atoms with Crippen molar-refractivity contribution in [2.75, 3.05) is 26.2 Å². The molecule has 1 saturated heterocycles. The maximum absolute atomic E-state index is 13.1. The quantitative estimate of drug-likeness (QED) is 0.356. The third kappa shape index (κ3) is 4.64. The maximum atomic E-state index is 13.1. The van der Waals surface area contributed by atoms with Crippen LogP contribution in [0.25, 0.3) is 5.76 Å². The number of rotatable bonds is 7. The van der Waals surface area contributed by atoms with Crippen LogP contribution < -0.4 is 0 Å². The predicted octanol–water partition coefficient (Wildman–Crippen LogP) is 5.07. The van der Waals surface area contributed by atoms with Gasteiger partial charge in [0.15, 0.2) is 0 Å². The van der Waals surface area contributed by atoms with Crippen molar-refractivity contribution in [1.29, 1.82) is 0 Å². The van der Waals surface area contributed by atoms with Crippen molar-refractivity contribution in [1.82, 2.24) is 9.80 Å². The number of halogens is 2. The van der Waals surface area contributed by atoms with Gasteiger partial charge < -0.3 is 14.9 Å². The number of nitrogens with zero attached hydrogens (tertiary/aromatic N) is 2. The molecule has 0 aliphatic carbocycles. The molecular formula is C24H26Cl2N2O3. The van der Waals surface area contributed by atoms with E-state index in [1.54, 1.807) is 17.0 Å². The standard InChI is InChI=1S/C24H26Cl2N2O3/c1-4-27(5-2)12-13-28-21(17-9-7-6-8-15(17)3)20(23(30)24(28)31)22(29)16-10-11-18(25)19(26)14-16/h6-11,14,21,29H,4-5,12-13H2,1-3H3/b22-20+. The van der Waals surface area contributed by atoms with Crippen molar-refractivity contribution >= 4 is 40.7 Å². The Labute approximate surface area is 192 Å². The van der Waals surface area contributed by atoms with Gasteiger partial charge in [-0.05, 0) is 49.3 Å². The van der Waals surface area contributed by atoms with Crippen molar-refractivity contribution in [3.63, 3.8) is 0 Å². The zero-order valence-electron chi connectivity index (χ0n) is 17.9. The number of carbonyl (C=O) groups excluding carboxylic acids is 2. The summed E-state index contributed by atoms with van der Waals surface area (Å²) in [5, 5.41) is 11.7. The van der Waals surface area contributed by atoms with E-state index in [9.17, 15) is 14.7 Å². The van der Waals surface area contributed by atoms with Crippen LogP contribution in [0.4, 0.5) is 0 Å². The van der Waals surface area contributed by atoms with Gasteiger partial charge >= 0.3 is 0 Å². The number of hydrogen-bond acceptors (Lipinski definition) is 4. The van der Waals surface area contributed by atoms with Crippen LogP contribution in [0, 0.1) is 6.92 Å². The summed E-state index contributed by atoms with van der Waals surface area (Å²) in [6.45, 7) is 8.75. The van der Waals surface area contributed by atoms with E-state index in [0.717, 1.165) is 24.2 Å². The molecular weight excluding hydrogens is 435 g/mol. The molecule has 164 valence electrons. The highest BCUT2D eigenvalue weighted by Gasteiger charge is 2.46. The SMILES string of the molecule is CCN(CC)CCN1C(=O)C(=O)/C(=C(/O)c2ccc(Cl)c(Cl)c2)C1c1ccccc1C. The monoisotopic (exact) mass is 460 g/mol. The Kier molecular flexibility index (Phi) is 7.42. The highest BCUT2D eigenvalue weighted by atomic mass is 35.5. The fourth-order valence-electron chi connectivity index (χ4n) is 3.92. The van der Waals surface area contributed by atoms with Crippen LogP contribution in [0.3, 0.4) is 0 Å². The molecule has 0 spiro atoms. The second-order valence-electron chi connectivity index (χ2n) is 7.50. The molecule has 1 unspecified atom stereocenters. The lowest BCUT2D eigenvalue weighted by atomic mass is 9.92. The number of Topliss-reactive ketones (excluding diaryl/α,β-unsaturated/α-hetero) is 1. The van der Waals surface area contributed by atoms with Crippen molar-refractivity contribution < 1.29 is 14.7 Å². The molecule has 3 rings (SSSR count). The molecule has 1 aliphatic heterocycles. The summed E-state index contributed by atoms with van der Waals surface area (Å²) in [5.41, 5.74) is 2.15. The highest BCUT2D eigenvalue weighted by molar-refractivity contribution is 6.47. The maximum Gasteiger partial charge on any atom is 0.295 e. The highest BCUT2D eigenvalue weighted by Crippen LogP contribution is 2.41. The fourth-order valence-corrected chi connectivity index (χ4v) is 4.21. The summed E-state index contributed by atoms with van der Waals surface area (Å²) in [6.07, 6.45) is 0. The van der Waals surface area contributed by atoms with Gasteiger partial charge in [0.05, 0.1) is 21.7 Å². The first kappa shape index (κ1) is 23.3. The Balaban J connectivity index is 2.14. The first-order valence-electron chi connectivity index (χ1n) is 10.3. The molecule has 0 radical (unpaired) electrons. The third-order valence-corrected chi connectivity index (χ3v) is 6.51. The topological polar surface area (TPSA) is 60.9 Å². The number of aryl methyl sites for hydroxylation is 1. The Morgan fingerprint density at radius 2 is 1.74 bits per heavy atom. The number of benzene rings is 2. The van der Waals surface area contributed by atoms with Gasteiger partial charge in [0.25, 0.3) is 11.7 Å². The number of hydrogen-bond donors (Lipinski definition) is 1. The van der Waals surface area contributed by atoms with E-state index in [4.69, 9.17) is 23.2 Å².